The predicted molar refractivity (Wildman–Crippen MR) is 76.3 cm³/mol. The average Bonchev–Trinajstić information content (AvgIpc) is 2.49. The lowest BCUT2D eigenvalue weighted by atomic mass is 10.1. The van der Waals surface area contributed by atoms with Crippen LogP contribution in [0.25, 0.3) is 6.08 Å². The summed E-state index contributed by atoms with van der Waals surface area (Å²) in [4.78, 5) is 33.7. The second-order valence-corrected chi connectivity index (χ2v) is 4.26. The Morgan fingerprint density at radius 2 is 1.95 bits per heavy atom. The summed E-state index contributed by atoms with van der Waals surface area (Å²) < 4.78 is 4.43. The van der Waals surface area contributed by atoms with Crippen molar-refractivity contribution in [2.24, 2.45) is 0 Å². The Bertz CT molecular complexity index is 524. The molecule has 6 heteroatoms. The molecule has 6 nitrogen and oxygen atoms in total. The Hall–Kier alpha value is -2.63. The molecule has 0 radical (unpaired) electrons. The molecule has 2 N–H and O–H groups in total. The van der Waals surface area contributed by atoms with E-state index in [1.807, 2.05) is 30.3 Å². The molecule has 0 aromatic heterocycles. The molecule has 0 fully saturated rings. The molecule has 0 spiro atoms. The predicted octanol–water partition coefficient (Wildman–Crippen LogP) is 1.22. The van der Waals surface area contributed by atoms with Gasteiger partial charge in [0.2, 0.25) is 5.91 Å². The molecule has 1 unspecified atom stereocenters. The first-order valence-electron chi connectivity index (χ1n) is 6.36. The lowest BCUT2D eigenvalue weighted by Gasteiger charge is -2.12. The van der Waals surface area contributed by atoms with Gasteiger partial charge in [-0.3, -0.25) is 9.59 Å². The van der Waals surface area contributed by atoms with E-state index in [0.29, 0.717) is 0 Å². The second kappa shape index (κ2) is 8.52. The highest BCUT2D eigenvalue weighted by Crippen LogP contribution is 2.02. The number of rotatable bonds is 7. The highest BCUT2D eigenvalue weighted by atomic mass is 16.5. The van der Waals surface area contributed by atoms with Gasteiger partial charge in [0.05, 0.1) is 7.11 Å². The third-order valence-corrected chi connectivity index (χ3v) is 2.71. The summed E-state index contributed by atoms with van der Waals surface area (Å²) in [5.41, 5.74) is 0.828. The number of aliphatic carboxylic acids is 1. The van der Waals surface area contributed by atoms with Crippen LogP contribution in [0.3, 0.4) is 0 Å². The van der Waals surface area contributed by atoms with E-state index >= 15 is 0 Å². The maximum Gasteiger partial charge on any atom is 0.326 e. The van der Waals surface area contributed by atoms with E-state index in [-0.39, 0.29) is 12.8 Å². The number of nitrogens with one attached hydrogen (secondary N) is 1. The van der Waals surface area contributed by atoms with Crippen molar-refractivity contribution >= 4 is 23.9 Å². The zero-order chi connectivity index (χ0) is 15.7. The van der Waals surface area contributed by atoms with Crippen LogP contribution in [0.5, 0.6) is 0 Å². The Balaban J connectivity index is 2.54. The van der Waals surface area contributed by atoms with Crippen LogP contribution in [0.4, 0.5) is 0 Å². The third kappa shape index (κ3) is 6.38. The minimum absolute atomic E-state index is 0.0209. The van der Waals surface area contributed by atoms with E-state index in [4.69, 9.17) is 5.11 Å². The van der Waals surface area contributed by atoms with Gasteiger partial charge in [-0.1, -0.05) is 30.3 Å². The summed E-state index contributed by atoms with van der Waals surface area (Å²) in [5.74, 6) is -2.24. The van der Waals surface area contributed by atoms with Gasteiger partial charge in [-0.15, -0.1) is 0 Å². The summed E-state index contributed by atoms with van der Waals surface area (Å²) >= 11 is 0. The van der Waals surface area contributed by atoms with Crippen LogP contribution in [0.2, 0.25) is 0 Å². The molecule has 1 atom stereocenters. The monoisotopic (exact) mass is 291 g/mol. The van der Waals surface area contributed by atoms with Crippen LogP contribution < -0.4 is 5.32 Å². The SMILES string of the molecule is COC(=O)CCC(NC(=O)/C=C/c1ccccc1)C(=O)O. The molecule has 0 saturated heterocycles. The van der Waals surface area contributed by atoms with Gasteiger partial charge in [0.15, 0.2) is 0 Å². The molecule has 112 valence electrons. The van der Waals surface area contributed by atoms with E-state index < -0.39 is 23.9 Å². The normalized spacial score (nSPS) is 11.9. The first kappa shape index (κ1) is 16.4. The molecule has 1 rings (SSSR count). The van der Waals surface area contributed by atoms with Crippen LogP contribution in [0.1, 0.15) is 18.4 Å². The number of benzene rings is 1. The number of carboxylic acid groups (broad SMARTS) is 1. The molecule has 1 amide bonds. The fourth-order valence-corrected chi connectivity index (χ4v) is 1.58. The summed E-state index contributed by atoms with van der Waals surface area (Å²) in [6.07, 6.45) is 2.74. The smallest absolute Gasteiger partial charge is 0.326 e. The van der Waals surface area contributed by atoms with Crippen molar-refractivity contribution in [2.75, 3.05) is 7.11 Å². The van der Waals surface area contributed by atoms with Gasteiger partial charge < -0.3 is 15.2 Å². The molecule has 0 aliphatic heterocycles. The third-order valence-electron chi connectivity index (χ3n) is 2.71. The van der Waals surface area contributed by atoms with E-state index in [9.17, 15) is 14.4 Å². The van der Waals surface area contributed by atoms with Crippen molar-refractivity contribution in [3.63, 3.8) is 0 Å². The Morgan fingerprint density at radius 1 is 1.29 bits per heavy atom. The van der Waals surface area contributed by atoms with Crippen LogP contribution >= 0.6 is 0 Å². The minimum atomic E-state index is -1.19. The van der Waals surface area contributed by atoms with Crippen molar-refractivity contribution < 1.29 is 24.2 Å². The van der Waals surface area contributed by atoms with E-state index in [1.165, 1.54) is 13.2 Å². The number of carbonyl (C=O) groups excluding carboxylic acids is 2. The quantitative estimate of drug-likeness (QED) is 0.582. The maximum atomic E-state index is 11.7. The van der Waals surface area contributed by atoms with E-state index in [2.05, 4.69) is 10.1 Å². The highest BCUT2D eigenvalue weighted by Gasteiger charge is 2.20. The van der Waals surface area contributed by atoms with Crippen molar-refractivity contribution in [1.29, 1.82) is 0 Å². The molecule has 0 aliphatic rings. The number of carbonyl (C=O) groups is 3. The van der Waals surface area contributed by atoms with Crippen molar-refractivity contribution in [3.05, 3.63) is 42.0 Å². The zero-order valence-electron chi connectivity index (χ0n) is 11.6. The summed E-state index contributed by atoms with van der Waals surface area (Å²) in [5, 5.41) is 11.3. The minimum Gasteiger partial charge on any atom is -0.480 e. The topological polar surface area (TPSA) is 92.7 Å². The van der Waals surface area contributed by atoms with Crippen molar-refractivity contribution in [3.8, 4) is 0 Å². The van der Waals surface area contributed by atoms with Crippen LogP contribution in [-0.2, 0) is 19.1 Å². The van der Waals surface area contributed by atoms with Gasteiger partial charge in [0.25, 0.3) is 0 Å². The van der Waals surface area contributed by atoms with Crippen LogP contribution in [0.15, 0.2) is 36.4 Å². The largest absolute Gasteiger partial charge is 0.480 e. The zero-order valence-corrected chi connectivity index (χ0v) is 11.6. The second-order valence-electron chi connectivity index (χ2n) is 4.26. The number of methoxy groups -OCH3 is 1. The van der Waals surface area contributed by atoms with E-state index in [1.54, 1.807) is 6.08 Å². The van der Waals surface area contributed by atoms with Crippen LogP contribution in [-0.4, -0.2) is 36.1 Å². The first-order valence-corrected chi connectivity index (χ1v) is 6.36. The summed E-state index contributed by atoms with van der Waals surface area (Å²) in [6, 6.07) is 8.01. The number of hydrogen-bond donors (Lipinski definition) is 2. The number of hydrogen-bond acceptors (Lipinski definition) is 4. The number of ether oxygens (including phenoxy) is 1. The molecule has 1 aromatic rings. The van der Waals surface area contributed by atoms with Gasteiger partial charge in [-0.25, -0.2) is 4.79 Å². The van der Waals surface area contributed by atoms with Crippen molar-refractivity contribution in [1.82, 2.24) is 5.32 Å². The fraction of sp³-hybridized carbons (Fsp3) is 0.267. The van der Waals surface area contributed by atoms with Gasteiger partial charge in [0, 0.05) is 12.5 Å². The highest BCUT2D eigenvalue weighted by molar-refractivity contribution is 5.94. The Labute approximate surface area is 122 Å². The summed E-state index contributed by atoms with van der Waals surface area (Å²) in [7, 11) is 1.22. The number of amides is 1. The summed E-state index contributed by atoms with van der Waals surface area (Å²) in [6.45, 7) is 0. The molecule has 0 saturated carbocycles. The lowest BCUT2D eigenvalue weighted by molar-refractivity contribution is -0.143. The maximum absolute atomic E-state index is 11.7. The number of esters is 1. The first-order chi connectivity index (χ1) is 10.0. The molecular weight excluding hydrogens is 274 g/mol. The van der Waals surface area contributed by atoms with E-state index in [0.717, 1.165) is 5.56 Å². The average molecular weight is 291 g/mol. The van der Waals surface area contributed by atoms with Gasteiger partial charge in [-0.2, -0.15) is 0 Å². The standard InChI is InChI=1S/C15H17NO5/c1-21-14(18)10-8-12(15(19)20)16-13(17)9-7-11-5-3-2-4-6-11/h2-7,9,12H,8,10H2,1H3,(H,16,17)(H,19,20)/b9-7+. The molecule has 0 aliphatic carbocycles. The fourth-order valence-electron chi connectivity index (χ4n) is 1.58. The molecule has 0 heterocycles. The van der Waals surface area contributed by atoms with Crippen molar-refractivity contribution in [2.45, 2.75) is 18.9 Å². The molecular formula is C15H17NO5. The molecule has 0 bridgehead atoms. The Morgan fingerprint density at radius 3 is 2.52 bits per heavy atom. The van der Waals surface area contributed by atoms with Gasteiger partial charge in [-0.05, 0) is 18.1 Å². The van der Waals surface area contributed by atoms with Gasteiger partial charge in [0.1, 0.15) is 6.04 Å². The molecule has 1 aromatic carbocycles. The molecule has 21 heavy (non-hydrogen) atoms. The Kier molecular flexibility index (Phi) is 6.67. The van der Waals surface area contributed by atoms with Crippen LogP contribution in [0, 0.1) is 0 Å². The lowest BCUT2D eigenvalue weighted by Crippen LogP contribution is -2.40. The van der Waals surface area contributed by atoms with Gasteiger partial charge >= 0.3 is 11.9 Å². The number of carboxylic acids is 1.